The standard InChI is InChI=1S/C15H17ClF2N2O/c1-3-11-14(16)12(20(2)19-11)8-13(21)9-4-6-10(7-5-9)15(17)18/h4-7,13,15,21H,3,8H2,1-2H3. The molecule has 114 valence electrons. The molecule has 1 atom stereocenters. The van der Waals surface area contributed by atoms with Crippen LogP contribution in [0.5, 0.6) is 0 Å². The molecule has 1 aromatic heterocycles. The summed E-state index contributed by atoms with van der Waals surface area (Å²) in [7, 11) is 1.77. The van der Waals surface area contributed by atoms with E-state index >= 15 is 0 Å². The number of aliphatic hydroxyl groups is 1. The third-order valence-electron chi connectivity index (χ3n) is 3.46. The number of benzene rings is 1. The van der Waals surface area contributed by atoms with Crippen LogP contribution in [0.2, 0.25) is 5.02 Å². The molecule has 0 bridgehead atoms. The molecule has 0 aliphatic rings. The molecular formula is C15H17ClF2N2O. The Hall–Kier alpha value is -1.46. The molecule has 2 rings (SSSR count). The summed E-state index contributed by atoms with van der Waals surface area (Å²) in [5, 5.41) is 15.1. The number of nitrogens with zero attached hydrogens (tertiary/aromatic N) is 2. The number of halogens is 3. The summed E-state index contributed by atoms with van der Waals surface area (Å²) in [6.45, 7) is 1.96. The molecule has 1 unspecified atom stereocenters. The van der Waals surface area contributed by atoms with Crippen LogP contribution in [-0.2, 0) is 19.9 Å². The Bertz CT molecular complexity index is 611. The van der Waals surface area contributed by atoms with E-state index in [0.717, 1.165) is 11.4 Å². The van der Waals surface area contributed by atoms with Gasteiger partial charge in [0.1, 0.15) is 0 Å². The Kier molecular flexibility index (Phi) is 4.96. The molecule has 0 aliphatic carbocycles. The largest absolute Gasteiger partial charge is 0.388 e. The summed E-state index contributed by atoms with van der Waals surface area (Å²) < 4.78 is 26.7. The SMILES string of the molecule is CCc1nn(C)c(CC(O)c2ccc(C(F)F)cc2)c1Cl. The van der Waals surface area contributed by atoms with Crippen molar-refractivity contribution in [3.63, 3.8) is 0 Å². The molecular weight excluding hydrogens is 298 g/mol. The lowest BCUT2D eigenvalue weighted by Crippen LogP contribution is -2.07. The van der Waals surface area contributed by atoms with Crippen molar-refractivity contribution < 1.29 is 13.9 Å². The van der Waals surface area contributed by atoms with Crippen molar-refractivity contribution in [2.45, 2.75) is 32.3 Å². The second-order valence-corrected chi connectivity index (χ2v) is 5.25. The Morgan fingerprint density at radius 3 is 2.29 bits per heavy atom. The van der Waals surface area contributed by atoms with Crippen LogP contribution >= 0.6 is 11.6 Å². The number of aryl methyl sites for hydroxylation is 2. The fourth-order valence-electron chi connectivity index (χ4n) is 2.21. The highest BCUT2D eigenvalue weighted by Gasteiger charge is 2.18. The van der Waals surface area contributed by atoms with Gasteiger partial charge in [0.05, 0.1) is 22.5 Å². The Morgan fingerprint density at radius 2 is 1.81 bits per heavy atom. The molecule has 6 heteroatoms. The van der Waals surface area contributed by atoms with Gasteiger partial charge in [-0.15, -0.1) is 0 Å². The summed E-state index contributed by atoms with van der Waals surface area (Å²) in [5.41, 5.74) is 2.04. The van der Waals surface area contributed by atoms with E-state index in [1.165, 1.54) is 24.3 Å². The predicted octanol–water partition coefficient (Wildman–Crippen LogP) is 3.85. The third kappa shape index (κ3) is 3.41. The molecule has 1 aromatic carbocycles. The molecule has 1 heterocycles. The van der Waals surface area contributed by atoms with Crippen LogP contribution in [0.4, 0.5) is 8.78 Å². The summed E-state index contributed by atoms with van der Waals surface area (Å²) in [6.07, 6.45) is -2.31. The molecule has 1 N–H and O–H groups in total. The van der Waals surface area contributed by atoms with Crippen LogP contribution in [0.1, 0.15) is 42.0 Å². The lowest BCUT2D eigenvalue weighted by atomic mass is 10.0. The molecule has 0 spiro atoms. The normalized spacial score (nSPS) is 12.9. The van der Waals surface area contributed by atoms with Gasteiger partial charge in [-0.25, -0.2) is 8.78 Å². The highest BCUT2D eigenvalue weighted by Crippen LogP contribution is 2.27. The van der Waals surface area contributed by atoms with Gasteiger partial charge in [0.15, 0.2) is 0 Å². The van der Waals surface area contributed by atoms with E-state index < -0.39 is 12.5 Å². The van der Waals surface area contributed by atoms with E-state index in [0.29, 0.717) is 17.0 Å². The molecule has 0 fully saturated rings. The van der Waals surface area contributed by atoms with Crippen molar-refractivity contribution in [1.29, 1.82) is 0 Å². The molecule has 0 saturated carbocycles. The maximum Gasteiger partial charge on any atom is 0.263 e. The van der Waals surface area contributed by atoms with Gasteiger partial charge in [0.2, 0.25) is 0 Å². The van der Waals surface area contributed by atoms with E-state index in [2.05, 4.69) is 5.10 Å². The van der Waals surface area contributed by atoms with Crippen molar-refractivity contribution in [3.05, 3.63) is 51.8 Å². The molecule has 0 saturated heterocycles. The monoisotopic (exact) mass is 314 g/mol. The highest BCUT2D eigenvalue weighted by molar-refractivity contribution is 6.31. The quantitative estimate of drug-likeness (QED) is 0.910. The minimum atomic E-state index is -2.50. The summed E-state index contributed by atoms with van der Waals surface area (Å²) in [5.74, 6) is 0. The van der Waals surface area contributed by atoms with Crippen molar-refractivity contribution in [3.8, 4) is 0 Å². The van der Waals surface area contributed by atoms with Crippen LogP contribution in [0.3, 0.4) is 0 Å². The van der Waals surface area contributed by atoms with Crippen molar-refractivity contribution >= 4 is 11.6 Å². The van der Waals surface area contributed by atoms with E-state index in [1.54, 1.807) is 11.7 Å². The van der Waals surface area contributed by atoms with Crippen LogP contribution in [0.25, 0.3) is 0 Å². The number of aromatic nitrogens is 2. The second-order valence-electron chi connectivity index (χ2n) is 4.87. The topological polar surface area (TPSA) is 38.0 Å². The Morgan fingerprint density at radius 1 is 1.24 bits per heavy atom. The number of hydrogen-bond acceptors (Lipinski definition) is 2. The first kappa shape index (κ1) is 15.9. The zero-order valence-corrected chi connectivity index (χ0v) is 12.6. The van der Waals surface area contributed by atoms with E-state index in [9.17, 15) is 13.9 Å². The highest BCUT2D eigenvalue weighted by atomic mass is 35.5. The van der Waals surface area contributed by atoms with Crippen LogP contribution in [-0.4, -0.2) is 14.9 Å². The number of rotatable bonds is 5. The van der Waals surface area contributed by atoms with Gasteiger partial charge in [-0.1, -0.05) is 42.8 Å². The zero-order chi connectivity index (χ0) is 15.6. The predicted molar refractivity (Wildman–Crippen MR) is 77.7 cm³/mol. The third-order valence-corrected chi connectivity index (χ3v) is 3.90. The number of hydrogen-bond donors (Lipinski definition) is 1. The minimum absolute atomic E-state index is 0.0576. The van der Waals surface area contributed by atoms with Gasteiger partial charge in [-0.05, 0) is 12.0 Å². The van der Waals surface area contributed by atoms with Gasteiger partial charge in [-0.3, -0.25) is 4.68 Å². The average Bonchev–Trinajstić information content (AvgIpc) is 2.74. The van der Waals surface area contributed by atoms with Crippen molar-refractivity contribution in [2.24, 2.45) is 7.05 Å². The first-order valence-corrected chi connectivity index (χ1v) is 7.08. The summed E-state index contributed by atoms with van der Waals surface area (Å²) in [6, 6.07) is 5.67. The number of aliphatic hydroxyl groups excluding tert-OH is 1. The first-order valence-electron chi connectivity index (χ1n) is 6.70. The summed E-state index contributed by atoms with van der Waals surface area (Å²) >= 11 is 6.23. The summed E-state index contributed by atoms with van der Waals surface area (Å²) in [4.78, 5) is 0. The zero-order valence-electron chi connectivity index (χ0n) is 11.9. The minimum Gasteiger partial charge on any atom is -0.388 e. The smallest absolute Gasteiger partial charge is 0.263 e. The number of alkyl halides is 2. The molecule has 0 aliphatic heterocycles. The van der Waals surface area contributed by atoms with Gasteiger partial charge in [0.25, 0.3) is 6.43 Å². The maximum absolute atomic E-state index is 12.5. The molecule has 0 radical (unpaired) electrons. The van der Waals surface area contributed by atoms with Crippen LogP contribution < -0.4 is 0 Å². The Labute approximate surface area is 127 Å². The molecule has 21 heavy (non-hydrogen) atoms. The second kappa shape index (κ2) is 6.54. The molecule has 2 aromatic rings. The average molecular weight is 315 g/mol. The fraction of sp³-hybridized carbons (Fsp3) is 0.400. The molecule has 3 nitrogen and oxygen atoms in total. The van der Waals surface area contributed by atoms with E-state index in [1.807, 2.05) is 6.92 Å². The van der Waals surface area contributed by atoms with Crippen molar-refractivity contribution in [1.82, 2.24) is 9.78 Å². The van der Waals surface area contributed by atoms with E-state index in [4.69, 9.17) is 11.6 Å². The lowest BCUT2D eigenvalue weighted by molar-refractivity contribution is 0.150. The first-order chi connectivity index (χ1) is 9.93. The fourth-order valence-corrected chi connectivity index (χ4v) is 2.58. The van der Waals surface area contributed by atoms with Crippen molar-refractivity contribution in [2.75, 3.05) is 0 Å². The Balaban J connectivity index is 2.18. The van der Waals surface area contributed by atoms with Gasteiger partial charge in [0, 0.05) is 19.0 Å². The van der Waals surface area contributed by atoms with Crippen LogP contribution in [0.15, 0.2) is 24.3 Å². The van der Waals surface area contributed by atoms with E-state index in [-0.39, 0.29) is 12.0 Å². The van der Waals surface area contributed by atoms with Gasteiger partial charge in [-0.2, -0.15) is 5.10 Å². The molecule has 0 amide bonds. The maximum atomic E-state index is 12.5. The van der Waals surface area contributed by atoms with Crippen LogP contribution in [0, 0.1) is 0 Å². The van der Waals surface area contributed by atoms with Gasteiger partial charge >= 0.3 is 0 Å². The van der Waals surface area contributed by atoms with Gasteiger partial charge < -0.3 is 5.11 Å². The lowest BCUT2D eigenvalue weighted by Gasteiger charge is -2.12.